The van der Waals surface area contributed by atoms with E-state index in [-0.39, 0.29) is 12.1 Å². The first kappa shape index (κ1) is 23.7. The molecule has 0 fully saturated rings. The number of nitrogens with zero attached hydrogens (tertiary/aromatic N) is 3. The average Bonchev–Trinajstić information content (AvgIpc) is 3.37. The Bertz CT molecular complexity index is 1310. The molecule has 0 aliphatic rings. The lowest BCUT2D eigenvalue weighted by Crippen LogP contribution is -2.45. The third-order valence-corrected chi connectivity index (χ3v) is 6.30. The van der Waals surface area contributed by atoms with Gasteiger partial charge in [0.15, 0.2) is 0 Å². The van der Waals surface area contributed by atoms with E-state index in [2.05, 4.69) is 25.1 Å². The molecule has 8 nitrogen and oxygen atoms in total. The molecule has 0 radical (unpaired) electrons. The lowest BCUT2D eigenvalue weighted by Gasteiger charge is -2.40. The third-order valence-electron chi connectivity index (χ3n) is 6.30. The zero-order chi connectivity index (χ0) is 24.5. The molecule has 3 unspecified atom stereocenters. The van der Waals surface area contributed by atoms with E-state index in [0.29, 0.717) is 40.0 Å². The minimum atomic E-state index is -1.68. The average molecular weight is 472 g/mol. The topological polar surface area (TPSA) is 110 Å². The molecule has 1 aromatic carbocycles. The summed E-state index contributed by atoms with van der Waals surface area (Å²) in [5.74, 6) is -0.685. The Hall–Kier alpha value is -3.40. The van der Waals surface area contributed by atoms with Crippen LogP contribution in [0.1, 0.15) is 42.5 Å². The lowest BCUT2D eigenvalue weighted by atomic mass is 9.74. The molecule has 0 aliphatic carbocycles. The predicted octanol–water partition coefficient (Wildman–Crippen LogP) is 4.53. The van der Waals surface area contributed by atoms with Gasteiger partial charge < -0.3 is 19.2 Å². The van der Waals surface area contributed by atoms with Gasteiger partial charge >= 0.3 is 5.69 Å². The van der Waals surface area contributed by atoms with Crippen molar-refractivity contribution < 1.29 is 18.0 Å². The molecule has 0 aliphatic heterocycles. The van der Waals surface area contributed by atoms with Crippen LogP contribution in [0.4, 0.5) is 8.78 Å². The summed E-state index contributed by atoms with van der Waals surface area (Å²) in [7, 11) is 1.38. The Morgan fingerprint density at radius 1 is 1.24 bits per heavy atom. The second kappa shape index (κ2) is 9.46. The molecule has 4 rings (SSSR count). The SMILES string of the molecule is CCCC(F)C(CF)C(OC)(c1cnccn1)c1cc(-c2c(C)noc2C)cc2[nH]c(=O)[nH]c12. The fraction of sp³-hybridized carbons (Fsp3) is 0.417. The molecular weight excluding hydrogens is 444 g/mol. The van der Waals surface area contributed by atoms with Crippen molar-refractivity contribution in [2.24, 2.45) is 5.92 Å². The van der Waals surface area contributed by atoms with Crippen molar-refractivity contribution in [2.75, 3.05) is 13.8 Å². The number of hydrogen-bond donors (Lipinski definition) is 2. The zero-order valence-corrected chi connectivity index (χ0v) is 19.5. The molecule has 0 saturated carbocycles. The van der Waals surface area contributed by atoms with Gasteiger partial charge in [0.25, 0.3) is 0 Å². The molecule has 0 saturated heterocycles. The number of benzene rings is 1. The quantitative estimate of drug-likeness (QED) is 0.371. The minimum Gasteiger partial charge on any atom is -0.366 e. The third kappa shape index (κ3) is 3.81. The molecule has 3 aromatic heterocycles. The molecule has 0 bridgehead atoms. The van der Waals surface area contributed by atoms with Crippen LogP contribution in [-0.4, -0.2) is 45.0 Å². The summed E-state index contributed by atoms with van der Waals surface area (Å²) >= 11 is 0. The summed E-state index contributed by atoms with van der Waals surface area (Å²) in [6, 6.07) is 3.52. The maximum absolute atomic E-state index is 15.6. The molecule has 3 heterocycles. The molecule has 180 valence electrons. The number of aromatic nitrogens is 5. The van der Waals surface area contributed by atoms with Crippen LogP contribution in [-0.2, 0) is 10.3 Å². The van der Waals surface area contributed by atoms with Crippen molar-refractivity contribution in [3.8, 4) is 11.1 Å². The van der Waals surface area contributed by atoms with Gasteiger partial charge in [-0.3, -0.25) is 14.4 Å². The highest BCUT2D eigenvalue weighted by molar-refractivity contribution is 5.87. The van der Waals surface area contributed by atoms with Gasteiger partial charge in [-0.05, 0) is 38.0 Å². The first-order chi connectivity index (χ1) is 16.4. The summed E-state index contributed by atoms with van der Waals surface area (Å²) in [4.78, 5) is 26.4. The van der Waals surface area contributed by atoms with Crippen LogP contribution in [0.5, 0.6) is 0 Å². The highest BCUT2D eigenvalue weighted by atomic mass is 19.1. The van der Waals surface area contributed by atoms with Gasteiger partial charge in [0, 0.05) is 30.6 Å². The summed E-state index contributed by atoms with van der Waals surface area (Å²) in [5.41, 5.74) is 1.29. The number of methoxy groups -OCH3 is 1. The fourth-order valence-electron chi connectivity index (χ4n) is 4.80. The maximum Gasteiger partial charge on any atom is 0.323 e. The number of H-pyrrole nitrogens is 2. The van der Waals surface area contributed by atoms with Gasteiger partial charge in [-0.15, -0.1) is 0 Å². The van der Waals surface area contributed by atoms with Crippen molar-refractivity contribution in [1.29, 1.82) is 0 Å². The molecule has 0 amide bonds. The van der Waals surface area contributed by atoms with Crippen LogP contribution < -0.4 is 5.69 Å². The number of hydrogen-bond acceptors (Lipinski definition) is 6. The second-order valence-corrected chi connectivity index (χ2v) is 8.32. The number of halogens is 2. The van der Waals surface area contributed by atoms with Gasteiger partial charge in [0.1, 0.15) is 17.5 Å². The van der Waals surface area contributed by atoms with E-state index in [9.17, 15) is 9.18 Å². The van der Waals surface area contributed by atoms with E-state index < -0.39 is 30.1 Å². The van der Waals surface area contributed by atoms with E-state index in [1.54, 1.807) is 26.0 Å². The Morgan fingerprint density at radius 3 is 2.62 bits per heavy atom. The van der Waals surface area contributed by atoms with Gasteiger partial charge in [0.2, 0.25) is 0 Å². The van der Waals surface area contributed by atoms with Crippen molar-refractivity contribution in [3.63, 3.8) is 0 Å². The van der Waals surface area contributed by atoms with Crippen LogP contribution in [0, 0.1) is 19.8 Å². The minimum absolute atomic E-state index is 0.135. The Labute approximate surface area is 194 Å². The summed E-state index contributed by atoms with van der Waals surface area (Å²) in [6.45, 7) is 4.38. The van der Waals surface area contributed by atoms with E-state index in [1.165, 1.54) is 25.7 Å². The fourth-order valence-corrected chi connectivity index (χ4v) is 4.80. The van der Waals surface area contributed by atoms with Crippen LogP contribution in [0.25, 0.3) is 22.2 Å². The van der Waals surface area contributed by atoms with Crippen molar-refractivity contribution in [2.45, 2.75) is 45.4 Å². The number of imidazole rings is 1. The first-order valence-electron chi connectivity index (χ1n) is 11.1. The molecule has 2 N–H and O–H groups in total. The van der Waals surface area contributed by atoms with Crippen molar-refractivity contribution in [3.05, 3.63) is 63.9 Å². The number of aromatic amines is 2. The standard InChI is InChI=1S/C24H27F2N5O3/c1-5-6-18(26)17(11-25)24(33-4,20-12-27-7-8-28-20)16-9-15(21-13(2)31-34-14(21)3)10-19-22(16)30-23(32)29-19/h7-10,12,17-18H,5-6,11H2,1-4H3,(H2,29,30,32). The smallest absolute Gasteiger partial charge is 0.323 e. The number of nitrogens with one attached hydrogen (secondary N) is 2. The molecule has 10 heteroatoms. The van der Waals surface area contributed by atoms with Crippen LogP contribution >= 0.6 is 0 Å². The van der Waals surface area contributed by atoms with Crippen molar-refractivity contribution in [1.82, 2.24) is 25.1 Å². The highest BCUT2D eigenvalue weighted by Gasteiger charge is 2.49. The van der Waals surface area contributed by atoms with Gasteiger partial charge in [0.05, 0.1) is 41.2 Å². The second-order valence-electron chi connectivity index (χ2n) is 8.32. The van der Waals surface area contributed by atoms with Crippen LogP contribution in [0.3, 0.4) is 0 Å². The zero-order valence-electron chi connectivity index (χ0n) is 19.5. The molecule has 3 atom stereocenters. The van der Waals surface area contributed by atoms with E-state index in [1.807, 2.05) is 6.92 Å². The number of alkyl halides is 2. The number of fused-ring (bicyclic) bond motifs is 1. The molecular formula is C24H27F2N5O3. The highest BCUT2D eigenvalue weighted by Crippen LogP contribution is 2.46. The largest absolute Gasteiger partial charge is 0.366 e. The Kier molecular flexibility index (Phi) is 6.60. The normalized spacial score (nSPS) is 15.4. The Balaban J connectivity index is 2.12. The van der Waals surface area contributed by atoms with Gasteiger partial charge in [-0.25, -0.2) is 9.18 Å². The van der Waals surface area contributed by atoms with Crippen molar-refractivity contribution >= 4 is 11.0 Å². The van der Waals surface area contributed by atoms with E-state index in [4.69, 9.17) is 9.26 Å². The number of ether oxygens (including phenoxy) is 1. The first-order valence-corrected chi connectivity index (χ1v) is 11.1. The van der Waals surface area contributed by atoms with Gasteiger partial charge in [-0.2, -0.15) is 0 Å². The molecule has 34 heavy (non-hydrogen) atoms. The van der Waals surface area contributed by atoms with Gasteiger partial charge in [-0.1, -0.05) is 18.5 Å². The summed E-state index contributed by atoms with van der Waals surface area (Å²) in [6.07, 6.45) is 3.47. The number of aryl methyl sites for hydroxylation is 2. The monoisotopic (exact) mass is 471 g/mol. The Morgan fingerprint density at radius 2 is 2.03 bits per heavy atom. The summed E-state index contributed by atoms with van der Waals surface area (Å²) < 4.78 is 41.6. The number of rotatable bonds is 9. The van der Waals surface area contributed by atoms with E-state index >= 15 is 4.39 Å². The van der Waals surface area contributed by atoms with E-state index in [0.717, 1.165) is 5.56 Å². The molecule has 0 spiro atoms. The molecule has 4 aromatic rings. The van der Waals surface area contributed by atoms with Crippen LogP contribution in [0.2, 0.25) is 0 Å². The lowest BCUT2D eigenvalue weighted by molar-refractivity contribution is -0.0691. The maximum atomic E-state index is 15.6. The van der Waals surface area contributed by atoms with Crippen LogP contribution in [0.15, 0.2) is 40.0 Å². The summed E-state index contributed by atoms with van der Waals surface area (Å²) in [5, 5.41) is 4.02. The predicted molar refractivity (Wildman–Crippen MR) is 123 cm³/mol.